The molecule has 0 aliphatic heterocycles. The number of hydrogen-bond donors (Lipinski definition) is 0. The van der Waals surface area contributed by atoms with E-state index in [2.05, 4.69) is 0 Å². The van der Waals surface area contributed by atoms with Gasteiger partial charge in [-0.2, -0.15) is 8.78 Å². The van der Waals surface area contributed by atoms with Gasteiger partial charge in [-0.3, -0.25) is 9.59 Å². The van der Waals surface area contributed by atoms with Crippen molar-refractivity contribution >= 4 is 34.8 Å². The van der Waals surface area contributed by atoms with E-state index in [0.717, 1.165) is 0 Å². The molecule has 1 aliphatic rings. The molecule has 0 radical (unpaired) electrons. The number of hydrogen-bond acceptors (Lipinski definition) is 2. The number of rotatable bonds is 0. The van der Waals surface area contributed by atoms with Gasteiger partial charge in [-0.25, -0.2) is 0 Å². The van der Waals surface area contributed by atoms with Crippen LogP contribution in [0.2, 0.25) is 0 Å². The number of carbonyl (C=O) groups is 2. The number of ketones is 2. The average Bonchev–Trinajstić information content (AvgIpc) is 2.06. The predicted octanol–water partition coefficient (Wildman–Crippen LogP) is 1.46. The number of halogens is 4. The third-order valence-electron chi connectivity index (χ3n) is 1.16. The number of Topliss-reactive ketones (excluding diaryl/α,β-unsaturated/α-hetero) is 2. The van der Waals surface area contributed by atoms with Gasteiger partial charge < -0.3 is 0 Å². The topological polar surface area (TPSA) is 34.1 Å². The summed E-state index contributed by atoms with van der Waals surface area (Å²) >= 11 is 9.98. The van der Waals surface area contributed by atoms with Crippen LogP contribution >= 0.6 is 23.2 Å². The fraction of sp³-hybridized carbons (Fsp3) is 0.200. The van der Waals surface area contributed by atoms with E-state index >= 15 is 0 Å². The van der Waals surface area contributed by atoms with Gasteiger partial charge in [0.15, 0.2) is 0 Å². The Bertz CT molecular complexity index is 256. The summed E-state index contributed by atoms with van der Waals surface area (Å²) in [5, 5.41) is -1.77. The highest BCUT2D eigenvalue weighted by Gasteiger charge is 2.56. The maximum absolute atomic E-state index is 12.3. The summed E-state index contributed by atoms with van der Waals surface area (Å²) in [5.74, 6) is -7.52. The smallest absolute Gasteiger partial charge is 0.286 e. The van der Waals surface area contributed by atoms with Gasteiger partial charge in [0.2, 0.25) is 0 Å². The predicted molar refractivity (Wildman–Crippen MR) is 33.7 cm³/mol. The number of carbonyl (C=O) groups excluding carboxylic acids is 2. The van der Waals surface area contributed by atoms with Crippen LogP contribution in [0.1, 0.15) is 0 Å². The summed E-state index contributed by atoms with van der Waals surface area (Å²) in [6.45, 7) is 0. The fourth-order valence-corrected chi connectivity index (χ4v) is 0.987. The molecule has 0 amide bonds. The van der Waals surface area contributed by atoms with Crippen molar-refractivity contribution in [3.63, 3.8) is 0 Å². The first-order valence-corrected chi connectivity index (χ1v) is 3.17. The summed E-state index contributed by atoms with van der Waals surface area (Å²) in [6, 6.07) is 0. The Balaban J connectivity index is 3.24. The highest BCUT2D eigenvalue weighted by Crippen LogP contribution is 2.36. The van der Waals surface area contributed by atoms with E-state index in [1.807, 2.05) is 0 Å². The van der Waals surface area contributed by atoms with Gasteiger partial charge >= 0.3 is 5.92 Å². The van der Waals surface area contributed by atoms with Crippen molar-refractivity contribution in [1.29, 1.82) is 0 Å². The van der Waals surface area contributed by atoms with Crippen LogP contribution in [0.15, 0.2) is 10.1 Å². The standard InChI is InChI=1S/C5Cl2F2O2/c6-1-2(7)4(11)5(8,9)3(1)10. The Morgan fingerprint density at radius 1 is 1.00 bits per heavy atom. The highest BCUT2D eigenvalue weighted by molar-refractivity contribution is 6.61. The monoisotopic (exact) mass is 200 g/mol. The van der Waals surface area contributed by atoms with Crippen LogP contribution in [-0.4, -0.2) is 17.5 Å². The summed E-state index contributed by atoms with van der Waals surface area (Å²) in [6.07, 6.45) is 0. The minimum absolute atomic E-state index is 0.887. The van der Waals surface area contributed by atoms with Gasteiger partial charge in [-0.1, -0.05) is 23.2 Å². The SMILES string of the molecule is O=C1C(Cl)=C(Cl)C(=O)C1(F)F. The number of allylic oxidation sites excluding steroid dienone is 2. The van der Waals surface area contributed by atoms with Crippen LogP contribution < -0.4 is 0 Å². The molecule has 0 bridgehead atoms. The van der Waals surface area contributed by atoms with E-state index in [4.69, 9.17) is 23.2 Å². The molecule has 0 aromatic heterocycles. The summed E-state index contributed by atoms with van der Waals surface area (Å²) in [7, 11) is 0. The lowest BCUT2D eigenvalue weighted by Crippen LogP contribution is -2.31. The molecule has 1 aliphatic carbocycles. The Hall–Kier alpha value is -0.480. The molecule has 0 saturated heterocycles. The molecule has 0 saturated carbocycles. The molecule has 0 spiro atoms. The maximum Gasteiger partial charge on any atom is 0.373 e. The first kappa shape index (κ1) is 8.62. The largest absolute Gasteiger partial charge is 0.373 e. The lowest BCUT2D eigenvalue weighted by atomic mass is 10.2. The highest BCUT2D eigenvalue weighted by atomic mass is 35.5. The van der Waals surface area contributed by atoms with Crippen LogP contribution in [0.3, 0.4) is 0 Å². The summed E-state index contributed by atoms with van der Waals surface area (Å²) < 4.78 is 24.6. The van der Waals surface area contributed by atoms with Gasteiger partial charge in [0, 0.05) is 0 Å². The maximum atomic E-state index is 12.3. The van der Waals surface area contributed by atoms with Gasteiger partial charge in [-0.15, -0.1) is 0 Å². The van der Waals surface area contributed by atoms with Crippen molar-refractivity contribution < 1.29 is 18.4 Å². The Morgan fingerprint density at radius 3 is 1.36 bits per heavy atom. The first-order chi connectivity index (χ1) is 4.89. The van der Waals surface area contributed by atoms with Crippen molar-refractivity contribution in [1.82, 2.24) is 0 Å². The average molecular weight is 201 g/mol. The molecule has 0 aromatic carbocycles. The van der Waals surface area contributed by atoms with E-state index in [1.165, 1.54) is 0 Å². The quantitative estimate of drug-likeness (QED) is 0.556. The van der Waals surface area contributed by atoms with Crippen LogP contribution in [-0.2, 0) is 9.59 Å². The molecule has 0 N–H and O–H groups in total. The van der Waals surface area contributed by atoms with E-state index in [1.54, 1.807) is 0 Å². The van der Waals surface area contributed by atoms with Gasteiger partial charge in [0.1, 0.15) is 10.1 Å². The van der Waals surface area contributed by atoms with Crippen LogP contribution in [0.4, 0.5) is 8.78 Å². The van der Waals surface area contributed by atoms with Crippen molar-refractivity contribution in [2.75, 3.05) is 0 Å². The van der Waals surface area contributed by atoms with Crippen molar-refractivity contribution in [3.05, 3.63) is 10.1 Å². The molecule has 0 fully saturated rings. The summed E-state index contributed by atoms with van der Waals surface area (Å²) in [4.78, 5) is 20.8. The fourth-order valence-electron chi connectivity index (χ4n) is 0.578. The lowest BCUT2D eigenvalue weighted by Gasteiger charge is -2.01. The first-order valence-electron chi connectivity index (χ1n) is 2.41. The minimum Gasteiger partial charge on any atom is -0.286 e. The molecular formula is C5Cl2F2O2. The molecule has 0 unspecified atom stereocenters. The molecule has 0 aromatic rings. The molecular weight excluding hydrogens is 201 g/mol. The zero-order valence-corrected chi connectivity index (χ0v) is 6.34. The molecule has 11 heavy (non-hydrogen) atoms. The third-order valence-corrected chi connectivity index (χ3v) is 1.98. The second-order valence-corrected chi connectivity index (χ2v) is 2.62. The zero-order valence-electron chi connectivity index (χ0n) is 4.83. The van der Waals surface area contributed by atoms with Crippen molar-refractivity contribution in [2.45, 2.75) is 5.92 Å². The molecule has 6 heteroatoms. The second-order valence-electron chi connectivity index (χ2n) is 1.86. The van der Waals surface area contributed by atoms with E-state index < -0.39 is 27.6 Å². The van der Waals surface area contributed by atoms with E-state index in [0.29, 0.717) is 0 Å². The minimum atomic E-state index is -4.06. The van der Waals surface area contributed by atoms with Crippen LogP contribution in [0.5, 0.6) is 0 Å². The van der Waals surface area contributed by atoms with Crippen molar-refractivity contribution in [3.8, 4) is 0 Å². The van der Waals surface area contributed by atoms with E-state index in [9.17, 15) is 18.4 Å². The van der Waals surface area contributed by atoms with Crippen LogP contribution in [0.25, 0.3) is 0 Å². The molecule has 1 rings (SSSR count). The lowest BCUT2D eigenvalue weighted by molar-refractivity contribution is -0.148. The molecule has 60 valence electrons. The van der Waals surface area contributed by atoms with Gasteiger partial charge in [0.25, 0.3) is 11.6 Å². The second kappa shape index (κ2) is 2.25. The Labute approximate surface area is 69.8 Å². The van der Waals surface area contributed by atoms with Crippen molar-refractivity contribution in [2.24, 2.45) is 0 Å². The van der Waals surface area contributed by atoms with E-state index in [-0.39, 0.29) is 0 Å². The van der Waals surface area contributed by atoms with Gasteiger partial charge in [0.05, 0.1) is 0 Å². The van der Waals surface area contributed by atoms with Gasteiger partial charge in [-0.05, 0) is 0 Å². The normalized spacial score (nSPS) is 23.3. The third kappa shape index (κ3) is 0.973. The Morgan fingerprint density at radius 2 is 1.27 bits per heavy atom. The zero-order chi connectivity index (χ0) is 8.81. The number of alkyl halides is 2. The van der Waals surface area contributed by atoms with Crippen LogP contribution in [0, 0.1) is 0 Å². The molecule has 2 nitrogen and oxygen atoms in total. The summed E-state index contributed by atoms with van der Waals surface area (Å²) in [5.41, 5.74) is 0. The Kier molecular flexibility index (Phi) is 1.76. The molecule has 0 heterocycles. The molecule has 0 atom stereocenters.